The maximum Gasteiger partial charge on any atom is 0.335 e. The van der Waals surface area contributed by atoms with Gasteiger partial charge in [0.1, 0.15) is 0 Å². The van der Waals surface area contributed by atoms with Gasteiger partial charge < -0.3 is 34.2 Å². The van der Waals surface area contributed by atoms with Crippen molar-refractivity contribution in [2.24, 2.45) is 0 Å². The number of hydrogen-bond acceptors (Lipinski definition) is 13. The Morgan fingerprint density at radius 3 is 1.54 bits per heavy atom. The number of nitriles is 2. The van der Waals surface area contributed by atoms with E-state index in [-0.39, 0.29) is 11.5 Å². The lowest BCUT2D eigenvalue weighted by Crippen LogP contribution is -2.48. The molecule has 0 atom stereocenters. The SMILES string of the molecule is Cc1nc(-c2cccc(C(=O)N3CCN(c4ccc(C#N)cc4)CC3)c2)no1.Cc1nc(-c2cccc(C(=O)O)c2)no1.N#Cc1ccc(N2CCNCC2)cc1. The molecule has 0 aliphatic carbocycles. The molecular formula is C42H40N10O5. The first-order valence-corrected chi connectivity index (χ1v) is 18.3. The minimum atomic E-state index is -0.975. The Hall–Kier alpha value is -7.36. The molecule has 2 fully saturated rings. The average Bonchev–Trinajstić information content (AvgIpc) is 3.92. The third kappa shape index (κ3) is 10.4. The summed E-state index contributed by atoms with van der Waals surface area (Å²) in [6, 6.07) is 33.3. The molecule has 57 heavy (non-hydrogen) atoms. The Bertz CT molecular complexity index is 2360. The molecule has 15 nitrogen and oxygen atoms in total. The number of carbonyl (C=O) groups is 2. The van der Waals surface area contributed by atoms with E-state index in [0.717, 1.165) is 56.1 Å². The standard InChI is InChI=1S/C21H19N5O2.C11H13N3.C10H8N2O3/c1-15-23-20(24-28-15)17-3-2-4-18(13-17)21(27)26-11-9-25(10-12-26)19-7-5-16(14-22)6-8-19;12-9-10-1-3-11(4-2-10)14-7-5-13-6-8-14;1-6-11-9(12-15-6)7-3-2-4-8(5-7)10(13)14/h2-8,13H,9-12H2,1H3;1-4,13H,5-8H2;2-5H,1H3,(H,13,14). The van der Waals surface area contributed by atoms with E-state index in [0.29, 0.717) is 53.2 Å². The summed E-state index contributed by atoms with van der Waals surface area (Å²) < 4.78 is 9.83. The van der Waals surface area contributed by atoms with Gasteiger partial charge in [0.15, 0.2) is 0 Å². The molecule has 288 valence electrons. The van der Waals surface area contributed by atoms with Crippen molar-refractivity contribution < 1.29 is 23.7 Å². The molecule has 4 heterocycles. The van der Waals surface area contributed by atoms with E-state index in [1.807, 2.05) is 71.6 Å². The molecule has 0 bridgehead atoms. The third-order valence-corrected chi connectivity index (χ3v) is 9.20. The maximum atomic E-state index is 12.9. The summed E-state index contributed by atoms with van der Waals surface area (Å²) in [4.78, 5) is 38.3. The minimum absolute atomic E-state index is 0.00143. The van der Waals surface area contributed by atoms with Crippen molar-refractivity contribution in [3.63, 3.8) is 0 Å². The molecule has 6 aromatic rings. The van der Waals surface area contributed by atoms with Crippen molar-refractivity contribution in [2.45, 2.75) is 13.8 Å². The van der Waals surface area contributed by atoms with Gasteiger partial charge in [-0.25, -0.2) is 4.79 Å². The fraction of sp³-hybridized carbons (Fsp3) is 0.238. The van der Waals surface area contributed by atoms with Crippen LogP contribution in [0.1, 0.15) is 43.6 Å². The molecule has 0 spiro atoms. The Morgan fingerprint density at radius 2 is 1.11 bits per heavy atom. The monoisotopic (exact) mass is 764 g/mol. The number of aromatic carboxylic acids is 1. The summed E-state index contributed by atoms with van der Waals surface area (Å²) in [5.41, 5.74) is 5.87. The Morgan fingerprint density at radius 1 is 0.649 bits per heavy atom. The second-order valence-electron chi connectivity index (χ2n) is 13.1. The van der Waals surface area contributed by atoms with Crippen LogP contribution in [-0.4, -0.2) is 94.5 Å². The molecular weight excluding hydrogens is 725 g/mol. The number of nitrogens with one attached hydrogen (secondary N) is 1. The van der Waals surface area contributed by atoms with Crippen molar-refractivity contribution in [3.05, 3.63) is 131 Å². The molecule has 0 radical (unpaired) electrons. The fourth-order valence-electron chi connectivity index (χ4n) is 6.18. The summed E-state index contributed by atoms with van der Waals surface area (Å²) in [6.45, 7) is 10.4. The van der Waals surface area contributed by atoms with Gasteiger partial charge in [-0.05, 0) is 72.8 Å². The highest BCUT2D eigenvalue weighted by Crippen LogP contribution is 2.22. The van der Waals surface area contributed by atoms with E-state index < -0.39 is 5.97 Å². The van der Waals surface area contributed by atoms with Gasteiger partial charge in [-0.3, -0.25) is 4.79 Å². The molecule has 15 heteroatoms. The number of benzene rings is 4. The molecule has 2 aromatic heterocycles. The van der Waals surface area contributed by atoms with Crippen LogP contribution >= 0.6 is 0 Å². The van der Waals surface area contributed by atoms with Crippen molar-refractivity contribution in [1.29, 1.82) is 10.5 Å². The Kier molecular flexibility index (Phi) is 13.0. The van der Waals surface area contributed by atoms with Crippen LogP contribution in [0.2, 0.25) is 0 Å². The molecule has 4 aromatic carbocycles. The van der Waals surface area contributed by atoms with Gasteiger partial charge in [0.2, 0.25) is 23.4 Å². The quantitative estimate of drug-likeness (QED) is 0.213. The third-order valence-electron chi connectivity index (χ3n) is 9.20. The number of hydrogen-bond donors (Lipinski definition) is 2. The van der Waals surface area contributed by atoms with E-state index in [4.69, 9.17) is 24.7 Å². The smallest absolute Gasteiger partial charge is 0.335 e. The second kappa shape index (κ2) is 18.8. The zero-order valence-corrected chi connectivity index (χ0v) is 31.5. The molecule has 0 saturated carbocycles. The van der Waals surface area contributed by atoms with Crippen molar-refractivity contribution in [1.82, 2.24) is 30.5 Å². The number of rotatable bonds is 6. The number of amides is 1. The van der Waals surface area contributed by atoms with Gasteiger partial charge in [-0.2, -0.15) is 20.5 Å². The number of aryl methyl sites for hydroxylation is 2. The highest BCUT2D eigenvalue weighted by Gasteiger charge is 2.23. The number of carboxylic acid groups (broad SMARTS) is 1. The highest BCUT2D eigenvalue weighted by molar-refractivity contribution is 5.95. The van der Waals surface area contributed by atoms with Gasteiger partial charge in [0.25, 0.3) is 5.91 Å². The lowest BCUT2D eigenvalue weighted by molar-refractivity contribution is 0.0695. The number of carbonyl (C=O) groups excluding carboxylic acids is 1. The van der Waals surface area contributed by atoms with Crippen LogP contribution in [0, 0.1) is 36.5 Å². The molecule has 8 rings (SSSR count). The van der Waals surface area contributed by atoms with Crippen LogP contribution in [0.3, 0.4) is 0 Å². The molecule has 2 N–H and O–H groups in total. The van der Waals surface area contributed by atoms with Gasteiger partial charge >= 0.3 is 5.97 Å². The molecule has 2 aliphatic rings. The van der Waals surface area contributed by atoms with Crippen LogP contribution in [0.5, 0.6) is 0 Å². The first-order valence-electron chi connectivity index (χ1n) is 18.3. The molecule has 0 unspecified atom stereocenters. The maximum absolute atomic E-state index is 12.9. The van der Waals surface area contributed by atoms with Gasteiger partial charge in [-0.15, -0.1) is 0 Å². The van der Waals surface area contributed by atoms with Crippen LogP contribution in [0.4, 0.5) is 11.4 Å². The van der Waals surface area contributed by atoms with Gasteiger partial charge in [0, 0.05) is 94.3 Å². The fourth-order valence-corrected chi connectivity index (χ4v) is 6.18. The molecule has 2 aliphatic heterocycles. The molecule has 1 amide bonds. The normalized spacial score (nSPS) is 13.6. The summed E-state index contributed by atoms with van der Waals surface area (Å²) in [5, 5.41) is 37.3. The summed E-state index contributed by atoms with van der Waals surface area (Å²) in [5.74, 6) is 0.850. The first kappa shape index (κ1) is 39.3. The van der Waals surface area contributed by atoms with Crippen LogP contribution in [0.25, 0.3) is 22.8 Å². The lowest BCUT2D eigenvalue weighted by Gasteiger charge is -2.36. The van der Waals surface area contributed by atoms with E-state index in [1.54, 1.807) is 32.0 Å². The predicted octanol–water partition coefficient (Wildman–Crippen LogP) is 5.59. The van der Waals surface area contributed by atoms with Crippen molar-refractivity contribution >= 4 is 23.3 Å². The summed E-state index contributed by atoms with van der Waals surface area (Å²) in [6.07, 6.45) is 0. The zero-order valence-electron chi connectivity index (χ0n) is 31.5. The number of nitrogens with zero attached hydrogens (tertiary/aromatic N) is 9. The average molecular weight is 765 g/mol. The number of anilines is 2. The van der Waals surface area contributed by atoms with Crippen LogP contribution < -0.4 is 15.1 Å². The van der Waals surface area contributed by atoms with E-state index >= 15 is 0 Å². The predicted molar refractivity (Wildman–Crippen MR) is 211 cm³/mol. The van der Waals surface area contributed by atoms with Crippen LogP contribution in [0.15, 0.2) is 106 Å². The second-order valence-corrected chi connectivity index (χ2v) is 13.1. The largest absolute Gasteiger partial charge is 0.478 e. The van der Waals surface area contributed by atoms with Crippen molar-refractivity contribution in [3.8, 4) is 34.9 Å². The first-order chi connectivity index (χ1) is 27.7. The highest BCUT2D eigenvalue weighted by atomic mass is 16.5. The van der Waals surface area contributed by atoms with E-state index in [2.05, 4.69) is 47.5 Å². The summed E-state index contributed by atoms with van der Waals surface area (Å²) in [7, 11) is 0. The number of aromatic nitrogens is 4. The number of piperazine rings is 2. The van der Waals surface area contributed by atoms with Gasteiger partial charge in [0.05, 0.1) is 28.8 Å². The Balaban J connectivity index is 0.000000159. The van der Waals surface area contributed by atoms with E-state index in [9.17, 15) is 9.59 Å². The van der Waals surface area contributed by atoms with Crippen LogP contribution in [-0.2, 0) is 0 Å². The molecule has 2 saturated heterocycles. The van der Waals surface area contributed by atoms with Crippen molar-refractivity contribution in [2.75, 3.05) is 62.2 Å². The zero-order chi connectivity index (χ0) is 40.1. The minimum Gasteiger partial charge on any atom is -0.478 e. The van der Waals surface area contributed by atoms with Gasteiger partial charge in [-0.1, -0.05) is 34.6 Å². The lowest BCUT2D eigenvalue weighted by atomic mass is 10.1. The summed E-state index contributed by atoms with van der Waals surface area (Å²) >= 11 is 0. The topological polar surface area (TPSA) is 202 Å². The number of carboxylic acids is 1. The van der Waals surface area contributed by atoms with E-state index in [1.165, 1.54) is 17.8 Å². The Labute approximate surface area is 329 Å².